The van der Waals surface area contributed by atoms with Crippen LogP contribution < -0.4 is 14.8 Å². The summed E-state index contributed by atoms with van der Waals surface area (Å²) in [5, 5.41) is 8.65. The molecule has 0 radical (unpaired) electrons. The Morgan fingerprint density at radius 1 is 1.12 bits per heavy atom. The second-order valence-electron chi connectivity index (χ2n) is 9.19. The lowest BCUT2D eigenvalue weighted by Crippen LogP contribution is -2.37. The van der Waals surface area contributed by atoms with Gasteiger partial charge in [0.2, 0.25) is 0 Å². The van der Waals surface area contributed by atoms with E-state index in [0.29, 0.717) is 11.5 Å². The lowest BCUT2D eigenvalue weighted by molar-refractivity contribution is 0.0939. The third-order valence-corrected chi connectivity index (χ3v) is 6.65. The molecular weight excluding hydrogens is 418 g/mol. The van der Waals surface area contributed by atoms with Crippen molar-refractivity contribution in [1.29, 1.82) is 0 Å². The maximum atomic E-state index is 13.4. The first-order valence-corrected chi connectivity index (χ1v) is 11.5. The number of amides is 1. The van der Waals surface area contributed by atoms with Crippen LogP contribution in [-0.4, -0.2) is 58.9 Å². The minimum absolute atomic E-state index is 0.0321. The number of rotatable bonds is 7. The molecule has 5 rings (SSSR count). The largest absolute Gasteiger partial charge is 0.497 e. The Hall–Kier alpha value is -3.13. The molecule has 1 saturated carbocycles. The molecule has 33 heavy (non-hydrogen) atoms. The number of likely N-dealkylation sites (tertiary alicyclic amines) is 1. The number of aryl methyl sites for hydroxylation is 2. The van der Waals surface area contributed by atoms with Crippen LogP contribution in [0.3, 0.4) is 0 Å². The summed E-state index contributed by atoms with van der Waals surface area (Å²) in [7, 11) is 5.21. The quantitative estimate of drug-likeness (QED) is 0.597. The van der Waals surface area contributed by atoms with Gasteiger partial charge in [-0.15, -0.1) is 0 Å². The molecule has 1 amide bonds. The van der Waals surface area contributed by atoms with Crippen molar-refractivity contribution in [2.75, 3.05) is 27.3 Å². The number of methoxy groups -OCH3 is 2. The summed E-state index contributed by atoms with van der Waals surface area (Å²) in [5.74, 6) is 2.01. The van der Waals surface area contributed by atoms with Gasteiger partial charge in [-0.2, -0.15) is 5.10 Å². The molecule has 1 unspecified atom stereocenters. The van der Waals surface area contributed by atoms with Crippen LogP contribution in [0.2, 0.25) is 0 Å². The summed E-state index contributed by atoms with van der Waals surface area (Å²) < 4.78 is 12.6. The molecule has 0 spiro atoms. The fraction of sp³-hybridized carbons (Fsp3) is 0.480. The lowest BCUT2D eigenvalue weighted by Gasteiger charge is -2.18. The van der Waals surface area contributed by atoms with Gasteiger partial charge in [0, 0.05) is 50.4 Å². The van der Waals surface area contributed by atoms with Crippen LogP contribution in [-0.2, 0) is 13.6 Å². The molecule has 1 aromatic carbocycles. The molecule has 2 fully saturated rings. The molecule has 174 valence electrons. The molecule has 1 aliphatic carbocycles. The Balaban J connectivity index is 1.30. The normalized spacial score (nSPS) is 18.6. The Labute approximate surface area is 193 Å². The van der Waals surface area contributed by atoms with Crippen molar-refractivity contribution in [1.82, 2.24) is 25.0 Å². The first-order chi connectivity index (χ1) is 15.9. The van der Waals surface area contributed by atoms with Gasteiger partial charge < -0.3 is 14.8 Å². The molecule has 0 bridgehead atoms. The molecule has 1 N–H and O–H groups in total. The average molecular weight is 450 g/mol. The number of fused-ring (bicyclic) bond motifs is 1. The summed E-state index contributed by atoms with van der Waals surface area (Å²) in [6, 6.07) is 8.04. The average Bonchev–Trinajstić information content (AvgIpc) is 3.51. The number of nitrogens with one attached hydrogen (secondary N) is 1. The van der Waals surface area contributed by atoms with Crippen LogP contribution in [0.25, 0.3) is 11.0 Å². The Kier molecular flexibility index (Phi) is 5.70. The summed E-state index contributed by atoms with van der Waals surface area (Å²) in [4.78, 5) is 20.5. The second-order valence-corrected chi connectivity index (χ2v) is 9.19. The van der Waals surface area contributed by atoms with Crippen LogP contribution in [0.4, 0.5) is 0 Å². The summed E-state index contributed by atoms with van der Waals surface area (Å²) in [6.45, 7) is 4.46. The van der Waals surface area contributed by atoms with Crippen LogP contribution in [0.15, 0.2) is 24.3 Å². The monoisotopic (exact) mass is 449 g/mol. The van der Waals surface area contributed by atoms with E-state index in [2.05, 4.69) is 15.3 Å². The van der Waals surface area contributed by atoms with Crippen molar-refractivity contribution in [2.24, 2.45) is 7.05 Å². The van der Waals surface area contributed by atoms with Gasteiger partial charge in [-0.1, -0.05) is 0 Å². The van der Waals surface area contributed by atoms with Gasteiger partial charge in [0.15, 0.2) is 5.65 Å². The van der Waals surface area contributed by atoms with Crippen molar-refractivity contribution in [3.05, 3.63) is 46.8 Å². The van der Waals surface area contributed by atoms with Gasteiger partial charge in [0.25, 0.3) is 5.91 Å². The van der Waals surface area contributed by atoms with Crippen LogP contribution in [0.5, 0.6) is 11.5 Å². The maximum absolute atomic E-state index is 13.4. The summed E-state index contributed by atoms with van der Waals surface area (Å²) >= 11 is 0. The highest BCUT2D eigenvalue weighted by atomic mass is 16.5. The smallest absolute Gasteiger partial charge is 0.252 e. The fourth-order valence-electron chi connectivity index (χ4n) is 4.80. The molecule has 1 aliphatic heterocycles. The van der Waals surface area contributed by atoms with Crippen molar-refractivity contribution in [3.63, 3.8) is 0 Å². The lowest BCUT2D eigenvalue weighted by atomic mass is 10.1. The van der Waals surface area contributed by atoms with Crippen LogP contribution in [0, 0.1) is 6.92 Å². The number of nitrogens with zero attached hydrogens (tertiary/aromatic N) is 4. The zero-order valence-electron chi connectivity index (χ0n) is 19.7. The first-order valence-electron chi connectivity index (χ1n) is 11.5. The van der Waals surface area contributed by atoms with Gasteiger partial charge in [-0.3, -0.25) is 14.4 Å². The molecule has 3 aromatic rings. The highest BCUT2D eigenvalue weighted by Gasteiger charge is 2.30. The predicted octanol–water partition coefficient (Wildman–Crippen LogP) is 3.18. The van der Waals surface area contributed by atoms with Crippen LogP contribution >= 0.6 is 0 Å². The van der Waals surface area contributed by atoms with E-state index in [1.165, 1.54) is 0 Å². The number of hydrogen-bond donors (Lipinski definition) is 1. The zero-order valence-corrected chi connectivity index (χ0v) is 19.7. The van der Waals surface area contributed by atoms with Crippen molar-refractivity contribution in [2.45, 2.75) is 44.7 Å². The second kappa shape index (κ2) is 8.67. The summed E-state index contributed by atoms with van der Waals surface area (Å²) in [5.41, 5.74) is 4.47. The fourth-order valence-corrected chi connectivity index (χ4v) is 4.80. The van der Waals surface area contributed by atoms with E-state index >= 15 is 0 Å². The van der Waals surface area contributed by atoms with E-state index < -0.39 is 0 Å². The third-order valence-electron chi connectivity index (χ3n) is 6.65. The first kappa shape index (κ1) is 21.7. The Bertz CT molecular complexity index is 1180. The van der Waals surface area contributed by atoms with E-state index in [1.54, 1.807) is 18.9 Å². The van der Waals surface area contributed by atoms with Gasteiger partial charge in [0.1, 0.15) is 11.5 Å². The third kappa shape index (κ3) is 4.39. The van der Waals surface area contributed by atoms with Gasteiger partial charge in [-0.25, -0.2) is 4.98 Å². The highest BCUT2D eigenvalue weighted by Crippen LogP contribution is 2.40. The van der Waals surface area contributed by atoms with E-state index in [-0.39, 0.29) is 11.9 Å². The minimum atomic E-state index is -0.0321. The highest BCUT2D eigenvalue weighted by molar-refractivity contribution is 6.06. The number of benzene rings is 1. The number of aromatic nitrogens is 3. The van der Waals surface area contributed by atoms with Crippen molar-refractivity contribution >= 4 is 16.9 Å². The van der Waals surface area contributed by atoms with Gasteiger partial charge in [-0.05, 0) is 49.9 Å². The molecule has 8 nitrogen and oxygen atoms in total. The number of hydrogen-bond acceptors (Lipinski definition) is 6. The number of carbonyl (C=O) groups is 1. The zero-order chi connectivity index (χ0) is 23.1. The minimum Gasteiger partial charge on any atom is -0.497 e. The SMILES string of the molecule is COc1cc(CN2CCC(NC(=O)c3cc(C4CC4)nc4c3c(C)nn4C)C2)cc(OC)c1. The van der Waals surface area contributed by atoms with Gasteiger partial charge >= 0.3 is 0 Å². The van der Waals surface area contributed by atoms with E-state index in [0.717, 1.165) is 78.4 Å². The molecule has 2 aromatic heterocycles. The number of ether oxygens (including phenoxy) is 2. The maximum Gasteiger partial charge on any atom is 0.252 e. The van der Waals surface area contributed by atoms with E-state index in [1.807, 2.05) is 38.2 Å². The van der Waals surface area contributed by atoms with E-state index in [4.69, 9.17) is 14.5 Å². The van der Waals surface area contributed by atoms with Crippen molar-refractivity contribution in [3.8, 4) is 11.5 Å². The van der Waals surface area contributed by atoms with E-state index in [9.17, 15) is 4.79 Å². The Morgan fingerprint density at radius 2 is 1.85 bits per heavy atom. The molecule has 3 heterocycles. The molecular formula is C25H31N5O3. The molecule has 8 heteroatoms. The standard InChI is InChI=1S/C25H31N5O3/c1-15-23-21(12-22(17-5-6-17)27-24(23)29(2)28-15)25(31)26-18-7-8-30(14-18)13-16-9-19(32-3)11-20(10-16)33-4/h9-12,17-18H,5-8,13-14H2,1-4H3,(H,26,31). The topological polar surface area (TPSA) is 81.5 Å². The molecule has 2 aliphatic rings. The molecule has 1 atom stereocenters. The number of pyridine rings is 1. The van der Waals surface area contributed by atoms with Crippen LogP contribution in [0.1, 0.15) is 52.5 Å². The Morgan fingerprint density at radius 3 is 2.52 bits per heavy atom. The summed E-state index contributed by atoms with van der Waals surface area (Å²) in [6.07, 6.45) is 3.20. The van der Waals surface area contributed by atoms with Crippen molar-refractivity contribution < 1.29 is 14.3 Å². The molecule has 1 saturated heterocycles. The predicted molar refractivity (Wildman–Crippen MR) is 126 cm³/mol. The number of carbonyl (C=O) groups excluding carboxylic acids is 1. The van der Waals surface area contributed by atoms with Gasteiger partial charge in [0.05, 0.1) is 30.9 Å².